The smallest absolute Gasteiger partial charge is 0.266 e. The molecule has 0 atom stereocenters. The van der Waals surface area contributed by atoms with Gasteiger partial charge in [0.25, 0.3) is 5.91 Å². The van der Waals surface area contributed by atoms with Gasteiger partial charge in [-0.25, -0.2) is 0 Å². The van der Waals surface area contributed by atoms with Crippen LogP contribution in [0, 0.1) is 32.1 Å². The molecule has 0 aliphatic rings. The van der Waals surface area contributed by atoms with Gasteiger partial charge in [0.2, 0.25) is 0 Å². The van der Waals surface area contributed by atoms with Gasteiger partial charge in [-0.3, -0.25) is 4.79 Å². The van der Waals surface area contributed by atoms with Crippen molar-refractivity contribution in [2.45, 2.75) is 20.8 Å². The van der Waals surface area contributed by atoms with Crippen molar-refractivity contribution < 1.29 is 9.90 Å². The standard InChI is InChI=1S/C19H17ClN2O2/c1-11-4-5-16(20)9-17(11)22-19(24)15(10-21)8-14-6-12(2)18(23)13(3)7-14/h4-9,23H,1-3H3,(H,22,24)/b15-8-. The highest BCUT2D eigenvalue weighted by Crippen LogP contribution is 2.25. The van der Waals surface area contributed by atoms with Gasteiger partial charge in [-0.1, -0.05) is 17.7 Å². The van der Waals surface area contributed by atoms with Crippen LogP contribution < -0.4 is 5.32 Å². The number of anilines is 1. The zero-order chi connectivity index (χ0) is 17.9. The summed E-state index contributed by atoms with van der Waals surface area (Å²) in [6.07, 6.45) is 1.49. The summed E-state index contributed by atoms with van der Waals surface area (Å²) >= 11 is 5.94. The summed E-state index contributed by atoms with van der Waals surface area (Å²) < 4.78 is 0. The van der Waals surface area contributed by atoms with Crippen molar-refractivity contribution in [3.8, 4) is 11.8 Å². The first-order valence-corrected chi connectivity index (χ1v) is 7.69. The number of hydrogen-bond donors (Lipinski definition) is 2. The second-order valence-corrected chi connectivity index (χ2v) is 6.02. The van der Waals surface area contributed by atoms with Gasteiger partial charge in [0, 0.05) is 10.7 Å². The second kappa shape index (κ2) is 7.20. The lowest BCUT2D eigenvalue weighted by Crippen LogP contribution is -2.14. The molecular formula is C19H17ClN2O2. The summed E-state index contributed by atoms with van der Waals surface area (Å²) in [6, 6.07) is 10.5. The van der Waals surface area contributed by atoms with Crippen molar-refractivity contribution in [1.29, 1.82) is 5.26 Å². The topological polar surface area (TPSA) is 73.1 Å². The molecule has 2 aromatic rings. The molecule has 0 saturated carbocycles. The molecule has 4 nitrogen and oxygen atoms in total. The van der Waals surface area contributed by atoms with Crippen molar-refractivity contribution in [3.05, 3.63) is 63.2 Å². The summed E-state index contributed by atoms with van der Waals surface area (Å²) in [5.41, 5.74) is 3.43. The first-order valence-electron chi connectivity index (χ1n) is 7.31. The molecule has 2 aromatic carbocycles. The number of phenolic OH excluding ortho intramolecular Hbond substituents is 1. The van der Waals surface area contributed by atoms with Crippen molar-refractivity contribution >= 4 is 29.3 Å². The zero-order valence-corrected chi connectivity index (χ0v) is 14.4. The Morgan fingerprint density at radius 3 is 2.38 bits per heavy atom. The Morgan fingerprint density at radius 1 is 1.17 bits per heavy atom. The van der Waals surface area contributed by atoms with Gasteiger partial charge < -0.3 is 10.4 Å². The number of aromatic hydroxyl groups is 1. The second-order valence-electron chi connectivity index (χ2n) is 5.59. The molecule has 0 saturated heterocycles. The van der Waals surface area contributed by atoms with Crippen LogP contribution in [0.1, 0.15) is 22.3 Å². The Labute approximate surface area is 146 Å². The molecule has 0 spiro atoms. The molecule has 0 fully saturated rings. The van der Waals surface area contributed by atoms with E-state index in [0.717, 1.165) is 5.56 Å². The van der Waals surface area contributed by atoms with E-state index in [1.807, 2.05) is 13.0 Å². The number of phenols is 1. The number of hydrogen-bond acceptors (Lipinski definition) is 3. The maximum absolute atomic E-state index is 12.4. The SMILES string of the molecule is Cc1ccc(Cl)cc1NC(=O)/C(C#N)=C\c1cc(C)c(O)c(C)c1. The number of nitrogens with zero attached hydrogens (tertiary/aromatic N) is 1. The van der Waals surface area contributed by atoms with E-state index in [9.17, 15) is 15.2 Å². The van der Waals surface area contributed by atoms with Gasteiger partial charge in [0.15, 0.2) is 0 Å². The monoisotopic (exact) mass is 340 g/mol. The number of nitrogens with one attached hydrogen (secondary N) is 1. The quantitative estimate of drug-likeness (QED) is 0.637. The molecule has 0 heterocycles. The molecule has 24 heavy (non-hydrogen) atoms. The molecule has 5 heteroatoms. The van der Waals surface area contributed by atoms with Gasteiger partial charge in [-0.2, -0.15) is 5.26 Å². The summed E-state index contributed by atoms with van der Waals surface area (Å²) in [5.74, 6) is -0.295. The summed E-state index contributed by atoms with van der Waals surface area (Å²) in [5, 5.41) is 22.3. The average Bonchev–Trinajstić information content (AvgIpc) is 2.53. The van der Waals surface area contributed by atoms with Crippen LogP contribution >= 0.6 is 11.6 Å². The highest BCUT2D eigenvalue weighted by Gasteiger charge is 2.12. The molecule has 0 aromatic heterocycles. The first-order chi connectivity index (χ1) is 11.3. The molecule has 0 aliphatic carbocycles. The molecule has 0 unspecified atom stereocenters. The Kier molecular flexibility index (Phi) is 5.28. The van der Waals surface area contributed by atoms with E-state index in [1.54, 1.807) is 44.2 Å². The van der Waals surface area contributed by atoms with Gasteiger partial charge in [-0.05, 0) is 73.4 Å². The van der Waals surface area contributed by atoms with Crippen LogP contribution in [0.5, 0.6) is 5.75 Å². The first kappa shape index (κ1) is 17.6. The minimum Gasteiger partial charge on any atom is -0.507 e. The Morgan fingerprint density at radius 2 is 1.79 bits per heavy atom. The van der Waals surface area contributed by atoms with Crippen molar-refractivity contribution in [2.75, 3.05) is 5.32 Å². The van der Waals surface area contributed by atoms with Crippen LogP contribution in [0.2, 0.25) is 5.02 Å². The molecule has 2 rings (SSSR count). The summed E-state index contributed by atoms with van der Waals surface area (Å²) in [4.78, 5) is 12.4. The van der Waals surface area contributed by atoms with Crippen LogP contribution in [0.4, 0.5) is 5.69 Å². The van der Waals surface area contributed by atoms with Gasteiger partial charge in [-0.15, -0.1) is 0 Å². The number of aryl methyl sites for hydroxylation is 3. The molecule has 0 radical (unpaired) electrons. The van der Waals surface area contributed by atoms with E-state index in [0.29, 0.717) is 27.4 Å². The number of rotatable bonds is 3. The fraction of sp³-hybridized carbons (Fsp3) is 0.158. The lowest BCUT2D eigenvalue weighted by molar-refractivity contribution is -0.112. The van der Waals surface area contributed by atoms with Crippen LogP contribution in [-0.4, -0.2) is 11.0 Å². The summed E-state index contributed by atoms with van der Waals surface area (Å²) in [6.45, 7) is 5.37. The Hall–Kier alpha value is -2.77. The van der Waals surface area contributed by atoms with Crippen LogP contribution in [0.25, 0.3) is 6.08 Å². The molecule has 1 amide bonds. The number of nitriles is 1. The molecule has 0 bridgehead atoms. The normalized spacial score (nSPS) is 11.0. The maximum Gasteiger partial charge on any atom is 0.266 e. The Bertz CT molecular complexity index is 856. The highest BCUT2D eigenvalue weighted by atomic mass is 35.5. The number of amides is 1. The lowest BCUT2D eigenvalue weighted by Gasteiger charge is -2.09. The van der Waals surface area contributed by atoms with Crippen LogP contribution in [-0.2, 0) is 4.79 Å². The largest absolute Gasteiger partial charge is 0.507 e. The fourth-order valence-electron chi connectivity index (χ4n) is 2.31. The highest BCUT2D eigenvalue weighted by molar-refractivity contribution is 6.31. The lowest BCUT2D eigenvalue weighted by atomic mass is 10.0. The number of carbonyl (C=O) groups excluding carboxylic acids is 1. The van der Waals surface area contributed by atoms with E-state index >= 15 is 0 Å². The fourth-order valence-corrected chi connectivity index (χ4v) is 2.48. The minimum atomic E-state index is -0.508. The predicted molar refractivity (Wildman–Crippen MR) is 96.0 cm³/mol. The van der Waals surface area contributed by atoms with Crippen molar-refractivity contribution in [1.82, 2.24) is 0 Å². The average molecular weight is 341 g/mol. The van der Waals surface area contributed by atoms with E-state index in [1.165, 1.54) is 6.08 Å². The molecule has 2 N–H and O–H groups in total. The maximum atomic E-state index is 12.4. The number of benzene rings is 2. The van der Waals surface area contributed by atoms with E-state index in [-0.39, 0.29) is 11.3 Å². The van der Waals surface area contributed by atoms with E-state index in [4.69, 9.17) is 11.6 Å². The third-order valence-electron chi connectivity index (χ3n) is 3.64. The van der Waals surface area contributed by atoms with Crippen molar-refractivity contribution in [2.24, 2.45) is 0 Å². The molecule has 122 valence electrons. The summed E-state index contributed by atoms with van der Waals surface area (Å²) in [7, 11) is 0. The number of carbonyl (C=O) groups is 1. The van der Waals surface area contributed by atoms with Gasteiger partial charge in [0.05, 0.1) is 0 Å². The molecular weight excluding hydrogens is 324 g/mol. The molecule has 0 aliphatic heterocycles. The third kappa shape index (κ3) is 3.95. The van der Waals surface area contributed by atoms with Crippen LogP contribution in [0.15, 0.2) is 35.9 Å². The Balaban J connectivity index is 2.32. The third-order valence-corrected chi connectivity index (χ3v) is 3.87. The van der Waals surface area contributed by atoms with Gasteiger partial charge in [0.1, 0.15) is 17.4 Å². The van der Waals surface area contributed by atoms with E-state index in [2.05, 4.69) is 5.32 Å². The van der Waals surface area contributed by atoms with E-state index < -0.39 is 5.91 Å². The predicted octanol–water partition coefficient (Wildman–Crippen LogP) is 4.52. The van der Waals surface area contributed by atoms with Gasteiger partial charge >= 0.3 is 0 Å². The minimum absolute atomic E-state index is 0.0288. The zero-order valence-electron chi connectivity index (χ0n) is 13.6. The van der Waals surface area contributed by atoms with Crippen molar-refractivity contribution in [3.63, 3.8) is 0 Å². The van der Waals surface area contributed by atoms with Crippen LogP contribution in [0.3, 0.4) is 0 Å². The number of halogens is 1.